The summed E-state index contributed by atoms with van der Waals surface area (Å²) in [5, 5.41) is 11.9. The molecule has 3 aromatic carbocycles. The third-order valence-electron chi connectivity index (χ3n) is 8.18. The number of phenols is 1. The Morgan fingerprint density at radius 2 is 1.46 bits per heavy atom. The Hall–Kier alpha value is -4.26. The van der Waals surface area contributed by atoms with Gasteiger partial charge >= 0.3 is 5.97 Å². The molecule has 1 heterocycles. The molecule has 12 heteroatoms. The molecular formula is C38H51N3O8S. The van der Waals surface area contributed by atoms with Gasteiger partial charge < -0.3 is 24.8 Å². The van der Waals surface area contributed by atoms with E-state index in [0.717, 1.165) is 12.0 Å². The molecule has 1 saturated heterocycles. The van der Waals surface area contributed by atoms with E-state index in [9.17, 15) is 27.9 Å². The van der Waals surface area contributed by atoms with Crippen LogP contribution >= 0.6 is 0 Å². The monoisotopic (exact) mass is 709 g/mol. The van der Waals surface area contributed by atoms with Crippen molar-refractivity contribution in [3.8, 4) is 5.75 Å². The summed E-state index contributed by atoms with van der Waals surface area (Å²) in [6.45, 7) is 1.76. The minimum atomic E-state index is -3.41. The van der Waals surface area contributed by atoms with Crippen LogP contribution in [0.4, 0.5) is 0 Å². The van der Waals surface area contributed by atoms with Gasteiger partial charge in [-0.2, -0.15) is 0 Å². The fraction of sp³-hybridized carbons (Fsp3) is 0.447. The second kappa shape index (κ2) is 22.5. The average molecular weight is 710 g/mol. The molecule has 3 N–H and O–H groups in total. The maximum absolute atomic E-state index is 12.2. The van der Waals surface area contributed by atoms with Gasteiger partial charge in [-0.15, -0.1) is 0 Å². The fourth-order valence-electron chi connectivity index (χ4n) is 5.53. The van der Waals surface area contributed by atoms with Crippen LogP contribution in [0.3, 0.4) is 0 Å². The smallest absolute Gasteiger partial charge is 0.328 e. The zero-order chi connectivity index (χ0) is 36.0. The van der Waals surface area contributed by atoms with Crippen molar-refractivity contribution in [2.45, 2.75) is 81.8 Å². The molecule has 5 rings (SSSR count). The van der Waals surface area contributed by atoms with Gasteiger partial charge in [0.25, 0.3) is 0 Å². The summed E-state index contributed by atoms with van der Waals surface area (Å²) in [6.07, 6.45) is 11.0. The molecule has 3 aromatic rings. The van der Waals surface area contributed by atoms with E-state index in [1.165, 1.54) is 62.7 Å². The van der Waals surface area contributed by atoms with Crippen LogP contribution in [0, 0.1) is 0 Å². The van der Waals surface area contributed by atoms with E-state index in [-0.39, 0.29) is 35.4 Å². The number of methoxy groups -OCH3 is 1. The zero-order valence-electron chi connectivity index (χ0n) is 28.9. The summed E-state index contributed by atoms with van der Waals surface area (Å²) in [5.41, 5.74) is 1.77. The van der Waals surface area contributed by atoms with Crippen LogP contribution in [-0.2, 0) is 46.9 Å². The zero-order valence-corrected chi connectivity index (χ0v) is 29.7. The molecule has 1 aliphatic carbocycles. The number of carbonyl (C=O) groups excluding carboxylic acids is 3. The normalized spacial score (nSPS) is 15.5. The average Bonchev–Trinajstić information content (AvgIpc) is 3.64. The number of nitrogens with zero attached hydrogens (tertiary/aromatic N) is 1. The highest BCUT2D eigenvalue weighted by Crippen LogP contribution is 2.18. The lowest BCUT2D eigenvalue weighted by atomic mass is 10.0. The van der Waals surface area contributed by atoms with Crippen molar-refractivity contribution >= 4 is 27.8 Å². The molecule has 50 heavy (non-hydrogen) atoms. The molecule has 0 spiro atoms. The van der Waals surface area contributed by atoms with E-state index in [4.69, 9.17) is 4.74 Å². The Labute approximate surface area is 296 Å². The number of benzene rings is 3. The van der Waals surface area contributed by atoms with E-state index in [2.05, 4.69) is 14.8 Å². The molecule has 0 bridgehead atoms. The topological polar surface area (TPSA) is 151 Å². The number of esters is 1. The summed E-state index contributed by atoms with van der Waals surface area (Å²) in [6, 6.07) is 24.1. The third kappa shape index (κ3) is 15.1. The van der Waals surface area contributed by atoms with Gasteiger partial charge in [-0.25, -0.2) is 17.9 Å². The van der Waals surface area contributed by atoms with Crippen molar-refractivity contribution in [2.75, 3.05) is 33.4 Å². The second-order valence-corrected chi connectivity index (χ2v) is 13.9. The van der Waals surface area contributed by atoms with E-state index < -0.39 is 22.0 Å². The van der Waals surface area contributed by atoms with Crippen LogP contribution in [0.15, 0.2) is 89.8 Å². The Balaban J connectivity index is 0.000000232. The molecule has 1 unspecified atom stereocenters. The van der Waals surface area contributed by atoms with Gasteiger partial charge in [0, 0.05) is 19.7 Å². The molecule has 11 nitrogen and oxygen atoms in total. The molecule has 0 radical (unpaired) electrons. The summed E-state index contributed by atoms with van der Waals surface area (Å²) in [5.74, 6) is -0.966. The highest BCUT2D eigenvalue weighted by atomic mass is 32.2. The van der Waals surface area contributed by atoms with E-state index in [1.54, 1.807) is 42.5 Å². The molecular weight excluding hydrogens is 658 g/mol. The van der Waals surface area contributed by atoms with E-state index >= 15 is 0 Å². The number of amides is 2. The number of likely N-dealkylation sites (tertiary alicyclic amines) is 1. The van der Waals surface area contributed by atoms with Crippen LogP contribution in [0.2, 0.25) is 0 Å². The molecule has 1 aliphatic heterocycles. The predicted molar refractivity (Wildman–Crippen MR) is 192 cm³/mol. The van der Waals surface area contributed by atoms with E-state index in [1.807, 2.05) is 30.3 Å². The van der Waals surface area contributed by atoms with Gasteiger partial charge in [-0.05, 0) is 54.7 Å². The largest absolute Gasteiger partial charge is 0.508 e. The SMILES string of the molecule is C1CCCCC1.COC(=O)C1CCCN1C(=O)CNC(=O)Cc1cccc(O)c1.O=S(=O)(NCCCOCc1ccccc1)c1ccccc1. The van der Waals surface area contributed by atoms with Crippen LogP contribution < -0.4 is 10.0 Å². The van der Waals surface area contributed by atoms with Crippen molar-refractivity contribution in [3.63, 3.8) is 0 Å². The number of ether oxygens (including phenoxy) is 2. The lowest BCUT2D eigenvalue weighted by molar-refractivity contribution is -0.150. The van der Waals surface area contributed by atoms with Crippen LogP contribution in [0.25, 0.3) is 0 Å². The lowest BCUT2D eigenvalue weighted by Gasteiger charge is -2.22. The molecule has 1 saturated carbocycles. The summed E-state index contributed by atoms with van der Waals surface area (Å²) in [4.78, 5) is 37.4. The lowest BCUT2D eigenvalue weighted by Crippen LogP contribution is -2.46. The van der Waals surface area contributed by atoms with Crippen molar-refractivity contribution in [1.29, 1.82) is 0 Å². The first-order chi connectivity index (χ1) is 24.2. The number of hydrogen-bond donors (Lipinski definition) is 3. The van der Waals surface area contributed by atoms with Crippen molar-refractivity contribution < 1.29 is 37.4 Å². The first-order valence-electron chi connectivity index (χ1n) is 17.3. The van der Waals surface area contributed by atoms with Gasteiger partial charge in [0.2, 0.25) is 21.8 Å². The first-order valence-corrected chi connectivity index (χ1v) is 18.8. The molecule has 2 fully saturated rings. The fourth-order valence-corrected chi connectivity index (χ4v) is 6.62. The maximum atomic E-state index is 12.2. The van der Waals surface area contributed by atoms with Gasteiger partial charge in [0.15, 0.2) is 0 Å². The molecule has 272 valence electrons. The second-order valence-electron chi connectivity index (χ2n) is 12.1. The number of carbonyl (C=O) groups is 3. The Morgan fingerprint density at radius 1 is 0.840 bits per heavy atom. The minimum Gasteiger partial charge on any atom is -0.508 e. The Kier molecular flexibility index (Phi) is 18.0. The highest BCUT2D eigenvalue weighted by molar-refractivity contribution is 7.89. The number of aromatic hydroxyl groups is 1. The quantitative estimate of drug-likeness (QED) is 0.163. The highest BCUT2D eigenvalue weighted by Gasteiger charge is 2.34. The van der Waals surface area contributed by atoms with Crippen molar-refractivity contribution in [2.24, 2.45) is 0 Å². The van der Waals surface area contributed by atoms with Crippen LogP contribution in [-0.4, -0.2) is 75.6 Å². The number of nitrogens with one attached hydrogen (secondary N) is 2. The van der Waals surface area contributed by atoms with Crippen LogP contribution in [0.5, 0.6) is 5.75 Å². The molecule has 0 aromatic heterocycles. The van der Waals surface area contributed by atoms with Gasteiger partial charge in [0.1, 0.15) is 11.8 Å². The molecule has 1 atom stereocenters. The maximum Gasteiger partial charge on any atom is 0.328 e. The number of sulfonamides is 1. The predicted octanol–water partition coefficient (Wildman–Crippen LogP) is 5.13. The van der Waals surface area contributed by atoms with Gasteiger partial charge in [-0.1, -0.05) is 99.2 Å². The minimum absolute atomic E-state index is 0.0715. The first kappa shape index (κ1) is 40.2. The van der Waals surface area contributed by atoms with Gasteiger partial charge in [-0.3, -0.25) is 9.59 Å². The number of rotatable bonds is 13. The van der Waals surface area contributed by atoms with Crippen LogP contribution in [0.1, 0.15) is 68.9 Å². The van der Waals surface area contributed by atoms with Gasteiger partial charge in [0.05, 0.1) is 31.6 Å². The van der Waals surface area contributed by atoms with E-state index in [0.29, 0.717) is 44.7 Å². The van der Waals surface area contributed by atoms with Crippen molar-refractivity contribution in [1.82, 2.24) is 14.9 Å². The standard InChI is InChI=1S/C16H20N2O5.C16H19NO3S.C6H12/c1-23-16(22)13-6-3-7-18(13)15(21)10-17-14(20)9-11-4-2-5-12(19)8-11;18-21(19,16-10-5-2-6-11-16)17-12-7-13-20-14-15-8-3-1-4-9-15;1-2-4-6-5-3-1/h2,4-5,8,13,19H,3,6-7,9-10H2,1H3,(H,17,20);1-6,8-11,17H,7,12-14H2;1-6H2. The summed E-state index contributed by atoms with van der Waals surface area (Å²) >= 11 is 0. The number of phenolic OH excluding ortho intramolecular Hbond substituents is 1. The van der Waals surface area contributed by atoms with Crippen molar-refractivity contribution in [3.05, 3.63) is 96.1 Å². The Morgan fingerprint density at radius 3 is 2.08 bits per heavy atom. The molecule has 2 amide bonds. The third-order valence-corrected chi connectivity index (χ3v) is 9.66. The number of hydrogen-bond acceptors (Lipinski definition) is 8. The molecule has 2 aliphatic rings. The summed E-state index contributed by atoms with van der Waals surface area (Å²) in [7, 11) is -2.11. The Bertz CT molecular complexity index is 1540. The summed E-state index contributed by atoms with van der Waals surface area (Å²) < 4.78 is 36.6.